The number of pyridine rings is 2. The van der Waals surface area contributed by atoms with Crippen LogP contribution in [0.4, 0.5) is 11.4 Å². The Morgan fingerprint density at radius 2 is 2.04 bits per heavy atom. The Morgan fingerprint density at radius 1 is 1.15 bits per heavy atom. The van der Waals surface area contributed by atoms with E-state index in [-0.39, 0.29) is 11.9 Å². The lowest BCUT2D eigenvalue weighted by Gasteiger charge is -2.23. The van der Waals surface area contributed by atoms with E-state index in [0.717, 1.165) is 23.4 Å². The predicted molar refractivity (Wildman–Crippen MR) is 102 cm³/mol. The van der Waals surface area contributed by atoms with Crippen molar-refractivity contribution in [1.29, 1.82) is 0 Å². The largest absolute Gasteiger partial charge is 0.380 e. The third-order valence-electron chi connectivity index (χ3n) is 4.63. The van der Waals surface area contributed by atoms with Gasteiger partial charge in [-0.25, -0.2) is 0 Å². The molecule has 1 unspecified atom stereocenters. The first-order valence-corrected chi connectivity index (χ1v) is 8.71. The van der Waals surface area contributed by atoms with E-state index < -0.39 is 0 Å². The van der Waals surface area contributed by atoms with E-state index in [2.05, 4.69) is 28.3 Å². The first-order valence-electron chi connectivity index (χ1n) is 8.71. The number of nitrogens with one attached hydrogen (secondary N) is 1. The molecule has 4 rings (SSSR count). The molecular weight excluding hydrogens is 324 g/mol. The summed E-state index contributed by atoms with van der Waals surface area (Å²) in [7, 11) is 0. The number of nitrogens with zero attached hydrogens (tertiary/aromatic N) is 3. The van der Waals surface area contributed by atoms with Gasteiger partial charge in [0.1, 0.15) is 0 Å². The molecule has 0 bridgehead atoms. The molecule has 1 aliphatic rings. The maximum absolute atomic E-state index is 13.1. The Labute approximate surface area is 152 Å². The Kier molecular flexibility index (Phi) is 4.35. The number of para-hydroxylation sites is 1. The predicted octanol–water partition coefficient (Wildman–Crippen LogP) is 3.68. The zero-order valence-electron chi connectivity index (χ0n) is 14.6. The normalized spacial score (nSPS) is 15.6. The van der Waals surface area contributed by atoms with E-state index in [0.29, 0.717) is 12.1 Å². The van der Waals surface area contributed by atoms with Crippen LogP contribution in [0.5, 0.6) is 0 Å². The van der Waals surface area contributed by atoms with Crippen LogP contribution in [-0.2, 0) is 13.0 Å². The van der Waals surface area contributed by atoms with Crippen LogP contribution in [0.2, 0.25) is 0 Å². The number of fused-ring (bicyclic) bond motifs is 1. The second-order valence-corrected chi connectivity index (χ2v) is 6.53. The summed E-state index contributed by atoms with van der Waals surface area (Å²) in [5, 5.41) is 3.30. The Morgan fingerprint density at radius 3 is 2.88 bits per heavy atom. The zero-order chi connectivity index (χ0) is 17.9. The minimum Gasteiger partial charge on any atom is -0.380 e. The van der Waals surface area contributed by atoms with Crippen molar-refractivity contribution in [2.75, 3.05) is 10.2 Å². The van der Waals surface area contributed by atoms with Gasteiger partial charge in [-0.1, -0.05) is 24.3 Å². The fourth-order valence-electron chi connectivity index (χ4n) is 3.37. The number of carbonyl (C=O) groups excluding carboxylic acids is 1. The lowest BCUT2D eigenvalue weighted by atomic mass is 10.1. The van der Waals surface area contributed by atoms with E-state index in [1.807, 2.05) is 47.5 Å². The van der Waals surface area contributed by atoms with Crippen LogP contribution in [0.1, 0.15) is 28.4 Å². The topological polar surface area (TPSA) is 58.1 Å². The van der Waals surface area contributed by atoms with Crippen LogP contribution in [0, 0.1) is 0 Å². The third kappa shape index (κ3) is 3.16. The molecule has 1 aromatic carbocycles. The van der Waals surface area contributed by atoms with Gasteiger partial charge < -0.3 is 10.2 Å². The van der Waals surface area contributed by atoms with Crippen molar-refractivity contribution in [3.63, 3.8) is 0 Å². The first-order chi connectivity index (χ1) is 12.7. The van der Waals surface area contributed by atoms with Crippen LogP contribution < -0.4 is 10.2 Å². The molecule has 0 radical (unpaired) electrons. The summed E-state index contributed by atoms with van der Waals surface area (Å²) in [4.78, 5) is 23.3. The second kappa shape index (κ2) is 6.96. The van der Waals surface area contributed by atoms with E-state index in [9.17, 15) is 4.79 Å². The number of rotatable bonds is 4. The van der Waals surface area contributed by atoms with Crippen LogP contribution in [0.15, 0.2) is 67.3 Å². The van der Waals surface area contributed by atoms with Gasteiger partial charge in [0.05, 0.1) is 11.3 Å². The fourth-order valence-corrected chi connectivity index (χ4v) is 3.37. The molecule has 5 nitrogen and oxygen atoms in total. The molecule has 3 heterocycles. The number of carbonyl (C=O) groups is 1. The fraction of sp³-hybridized carbons (Fsp3) is 0.190. The number of hydrogen-bond acceptors (Lipinski definition) is 4. The zero-order valence-corrected chi connectivity index (χ0v) is 14.6. The first kappa shape index (κ1) is 16.3. The highest BCUT2D eigenvalue weighted by atomic mass is 16.2. The molecule has 0 fully saturated rings. The highest BCUT2D eigenvalue weighted by Gasteiger charge is 2.31. The Hall–Kier alpha value is -3.21. The van der Waals surface area contributed by atoms with Crippen molar-refractivity contribution in [1.82, 2.24) is 9.97 Å². The molecule has 130 valence electrons. The number of benzene rings is 1. The van der Waals surface area contributed by atoms with Gasteiger partial charge in [0.25, 0.3) is 5.91 Å². The number of amides is 1. The summed E-state index contributed by atoms with van der Waals surface area (Å²) in [6.45, 7) is 2.71. The number of anilines is 2. The monoisotopic (exact) mass is 344 g/mol. The minimum absolute atomic E-state index is 0.0139. The quantitative estimate of drug-likeness (QED) is 0.784. The Bertz CT molecular complexity index is 926. The van der Waals surface area contributed by atoms with Crippen molar-refractivity contribution in [2.24, 2.45) is 0 Å². The summed E-state index contributed by atoms with van der Waals surface area (Å²) < 4.78 is 0. The standard InChI is InChI=1S/C21H20N4O/c1-15-9-17-6-2-3-7-20(17)25(15)21(26)18-10-19(14-23-13-18)24-12-16-5-4-8-22-11-16/h2-8,10-11,13-15,24H,9,12H2,1H3. The summed E-state index contributed by atoms with van der Waals surface area (Å²) in [6, 6.07) is 14.0. The summed E-state index contributed by atoms with van der Waals surface area (Å²) >= 11 is 0. The smallest absolute Gasteiger partial charge is 0.260 e. The summed E-state index contributed by atoms with van der Waals surface area (Å²) in [5.74, 6) is -0.0139. The molecule has 0 saturated heterocycles. The molecule has 0 aliphatic carbocycles. The van der Waals surface area contributed by atoms with Crippen LogP contribution in [-0.4, -0.2) is 21.9 Å². The molecule has 3 aromatic rings. The second-order valence-electron chi connectivity index (χ2n) is 6.53. The van der Waals surface area contributed by atoms with E-state index in [1.165, 1.54) is 5.56 Å². The highest BCUT2D eigenvalue weighted by Crippen LogP contribution is 2.33. The molecular formula is C21H20N4O. The number of hydrogen-bond donors (Lipinski definition) is 1. The third-order valence-corrected chi connectivity index (χ3v) is 4.63. The van der Waals surface area contributed by atoms with Crippen molar-refractivity contribution < 1.29 is 4.79 Å². The van der Waals surface area contributed by atoms with Crippen LogP contribution in [0.25, 0.3) is 0 Å². The van der Waals surface area contributed by atoms with Gasteiger partial charge in [-0.3, -0.25) is 14.8 Å². The van der Waals surface area contributed by atoms with Gasteiger partial charge in [0.15, 0.2) is 0 Å². The Balaban J connectivity index is 1.54. The van der Waals surface area contributed by atoms with Crippen LogP contribution in [0.3, 0.4) is 0 Å². The molecule has 1 N–H and O–H groups in total. The van der Waals surface area contributed by atoms with Gasteiger partial charge in [0.2, 0.25) is 0 Å². The minimum atomic E-state index is -0.0139. The van der Waals surface area contributed by atoms with Gasteiger partial charge in [-0.2, -0.15) is 0 Å². The SMILES string of the molecule is CC1Cc2ccccc2N1C(=O)c1cncc(NCc2cccnc2)c1. The molecule has 0 saturated carbocycles. The summed E-state index contributed by atoms with van der Waals surface area (Å²) in [5.41, 5.74) is 4.70. The highest BCUT2D eigenvalue weighted by molar-refractivity contribution is 6.08. The number of aromatic nitrogens is 2. The maximum atomic E-state index is 13.1. The van der Waals surface area contributed by atoms with Gasteiger partial charge in [0, 0.05) is 43.1 Å². The average molecular weight is 344 g/mol. The van der Waals surface area contributed by atoms with E-state index in [1.54, 1.807) is 18.6 Å². The van der Waals surface area contributed by atoms with Crippen LogP contribution >= 0.6 is 0 Å². The van der Waals surface area contributed by atoms with Crippen molar-refractivity contribution in [3.8, 4) is 0 Å². The molecule has 0 spiro atoms. The molecule has 5 heteroatoms. The lowest BCUT2D eigenvalue weighted by Crippen LogP contribution is -2.35. The van der Waals surface area contributed by atoms with Gasteiger partial charge >= 0.3 is 0 Å². The molecule has 2 aromatic heterocycles. The van der Waals surface area contributed by atoms with Gasteiger partial charge in [-0.05, 0) is 42.7 Å². The maximum Gasteiger partial charge on any atom is 0.260 e. The lowest BCUT2D eigenvalue weighted by molar-refractivity contribution is 0.0981. The van der Waals surface area contributed by atoms with E-state index >= 15 is 0 Å². The van der Waals surface area contributed by atoms with E-state index in [4.69, 9.17) is 0 Å². The average Bonchev–Trinajstić information content (AvgIpc) is 3.02. The molecule has 1 amide bonds. The molecule has 26 heavy (non-hydrogen) atoms. The molecule has 1 atom stereocenters. The van der Waals surface area contributed by atoms with Gasteiger partial charge in [-0.15, -0.1) is 0 Å². The van der Waals surface area contributed by atoms with Crippen molar-refractivity contribution in [3.05, 3.63) is 83.9 Å². The van der Waals surface area contributed by atoms with Crippen molar-refractivity contribution in [2.45, 2.75) is 25.9 Å². The molecule has 1 aliphatic heterocycles. The van der Waals surface area contributed by atoms with Crippen molar-refractivity contribution >= 4 is 17.3 Å². The summed E-state index contributed by atoms with van der Waals surface area (Å²) in [6.07, 6.45) is 7.81.